The van der Waals surface area contributed by atoms with Crippen LogP contribution in [0.15, 0.2) is 12.2 Å². The van der Waals surface area contributed by atoms with Crippen LogP contribution in [0.5, 0.6) is 0 Å². The van der Waals surface area contributed by atoms with E-state index >= 15 is 0 Å². The van der Waals surface area contributed by atoms with Crippen molar-refractivity contribution < 1.29 is 24.5 Å². The summed E-state index contributed by atoms with van der Waals surface area (Å²) < 4.78 is 5.45. The first-order chi connectivity index (χ1) is 30.0. The molecule has 0 aliphatic rings. The quantitative estimate of drug-likeness (QED) is 0.0322. The number of rotatable bonds is 51. The molecule has 2 unspecified atom stereocenters. The van der Waals surface area contributed by atoms with Gasteiger partial charge in [-0.25, -0.2) is 0 Å². The van der Waals surface area contributed by atoms with Gasteiger partial charge in [-0.2, -0.15) is 0 Å². The van der Waals surface area contributed by atoms with Crippen LogP contribution < -0.4 is 5.32 Å². The van der Waals surface area contributed by atoms with Crippen LogP contribution in [0.2, 0.25) is 0 Å². The van der Waals surface area contributed by atoms with Gasteiger partial charge in [0, 0.05) is 12.8 Å². The summed E-state index contributed by atoms with van der Waals surface area (Å²) >= 11 is 0. The highest BCUT2D eigenvalue weighted by Crippen LogP contribution is 2.17. The standard InChI is InChI=1S/C55H107NO5/c1-3-5-7-9-11-13-15-17-19-21-23-24-26-28-31-35-39-43-47-53(58)52(51-57)56-54(59)48-44-40-36-32-30-34-38-42-46-50-61-55(60)49-45-41-37-33-29-27-25-22-20-18-16-14-12-10-8-6-4-2/h32,36,52-53,57-58H,3-31,33-35,37-51H2,1-2H3,(H,56,59)/b36-32-. The maximum atomic E-state index is 12.4. The van der Waals surface area contributed by atoms with Crippen LogP contribution in [0.4, 0.5) is 0 Å². The maximum Gasteiger partial charge on any atom is 0.305 e. The third-order valence-electron chi connectivity index (χ3n) is 12.8. The summed E-state index contributed by atoms with van der Waals surface area (Å²) in [5.74, 6) is -0.123. The van der Waals surface area contributed by atoms with E-state index in [1.807, 2.05) is 0 Å². The van der Waals surface area contributed by atoms with E-state index in [4.69, 9.17) is 4.74 Å². The number of hydrogen-bond acceptors (Lipinski definition) is 5. The second kappa shape index (κ2) is 51.2. The topological polar surface area (TPSA) is 95.9 Å². The zero-order valence-corrected chi connectivity index (χ0v) is 41.2. The predicted octanol–water partition coefficient (Wildman–Crippen LogP) is 16.5. The van der Waals surface area contributed by atoms with Gasteiger partial charge in [-0.15, -0.1) is 0 Å². The number of carbonyl (C=O) groups excluding carboxylic acids is 2. The molecule has 6 nitrogen and oxygen atoms in total. The van der Waals surface area contributed by atoms with Crippen molar-refractivity contribution in [1.29, 1.82) is 0 Å². The molecule has 1 amide bonds. The molecular formula is C55H107NO5. The van der Waals surface area contributed by atoms with E-state index in [0.29, 0.717) is 25.9 Å². The Balaban J connectivity index is 3.50. The van der Waals surface area contributed by atoms with Gasteiger partial charge in [0.1, 0.15) is 0 Å². The fourth-order valence-corrected chi connectivity index (χ4v) is 8.59. The molecule has 0 fully saturated rings. The maximum absolute atomic E-state index is 12.4. The van der Waals surface area contributed by atoms with Crippen molar-refractivity contribution in [2.24, 2.45) is 0 Å². The lowest BCUT2D eigenvalue weighted by atomic mass is 10.0. The molecule has 0 saturated heterocycles. The molecule has 0 heterocycles. The minimum absolute atomic E-state index is 0.0310. The van der Waals surface area contributed by atoms with Crippen LogP contribution in [0.3, 0.4) is 0 Å². The fourth-order valence-electron chi connectivity index (χ4n) is 8.59. The summed E-state index contributed by atoms with van der Waals surface area (Å²) in [5.41, 5.74) is 0. The van der Waals surface area contributed by atoms with Crippen molar-refractivity contribution >= 4 is 11.9 Å². The van der Waals surface area contributed by atoms with Crippen LogP contribution >= 0.6 is 0 Å². The Morgan fingerprint density at radius 1 is 0.443 bits per heavy atom. The van der Waals surface area contributed by atoms with Crippen molar-refractivity contribution in [2.45, 2.75) is 315 Å². The van der Waals surface area contributed by atoms with Crippen LogP contribution in [0.25, 0.3) is 0 Å². The third kappa shape index (κ3) is 47.9. The van der Waals surface area contributed by atoms with Crippen molar-refractivity contribution in [1.82, 2.24) is 5.32 Å². The van der Waals surface area contributed by atoms with Crippen molar-refractivity contribution in [3.8, 4) is 0 Å². The number of hydrogen-bond donors (Lipinski definition) is 3. The summed E-state index contributed by atoms with van der Waals surface area (Å²) in [6.45, 7) is 4.89. The minimum Gasteiger partial charge on any atom is -0.466 e. The number of nitrogens with one attached hydrogen (secondary N) is 1. The average molecular weight is 862 g/mol. The lowest BCUT2D eigenvalue weighted by Gasteiger charge is -2.22. The Bertz CT molecular complexity index is 909. The molecule has 0 radical (unpaired) electrons. The van der Waals surface area contributed by atoms with Crippen molar-refractivity contribution in [2.75, 3.05) is 13.2 Å². The van der Waals surface area contributed by atoms with E-state index in [2.05, 4.69) is 31.3 Å². The lowest BCUT2D eigenvalue weighted by molar-refractivity contribution is -0.143. The normalized spacial score (nSPS) is 12.7. The highest BCUT2D eigenvalue weighted by Gasteiger charge is 2.20. The Labute approximate surface area is 380 Å². The molecule has 0 bridgehead atoms. The Morgan fingerprint density at radius 2 is 0.787 bits per heavy atom. The van der Waals surface area contributed by atoms with Gasteiger partial charge < -0.3 is 20.3 Å². The molecule has 3 N–H and O–H groups in total. The van der Waals surface area contributed by atoms with Gasteiger partial charge in [-0.3, -0.25) is 9.59 Å². The fraction of sp³-hybridized carbons (Fsp3) is 0.927. The average Bonchev–Trinajstić information content (AvgIpc) is 3.26. The predicted molar refractivity (Wildman–Crippen MR) is 264 cm³/mol. The van der Waals surface area contributed by atoms with Crippen LogP contribution in [-0.4, -0.2) is 47.4 Å². The first-order valence-electron chi connectivity index (χ1n) is 27.4. The molecule has 0 aromatic carbocycles. The second-order valence-corrected chi connectivity index (χ2v) is 18.9. The molecule has 0 rings (SSSR count). The van der Waals surface area contributed by atoms with E-state index < -0.39 is 12.1 Å². The molecule has 0 aromatic rings. The molecule has 0 saturated carbocycles. The van der Waals surface area contributed by atoms with Crippen LogP contribution in [0, 0.1) is 0 Å². The Kier molecular flexibility index (Phi) is 50.1. The summed E-state index contributed by atoms with van der Waals surface area (Å²) in [6.07, 6.45) is 59.1. The minimum atomic E-state index is -0.694. The van der Waals surface area contributed by atoms with E-state index in [9.17, 15) is 19.8 Å². The van der Waals surface area contributed by atoms with Gasteiger partial charge in [-0.1, -0.05) is 257 Å². The van der Waals surface area contributed by atoms with E-state index in [1.165, 1.54) is 199 Å². The lowest BCUT2D eigenvalue weighted by Crippen LogP contribution is -2.45. The van der Waals surface area contributed by atoms with Crippen LogP contribution in [-0.2, 0) is 14.3 Å². The first kappa shape index (κ1) is 59.6. The van der Waals surface area contributed by atoms with Gasteiger partial charge in [0.15, 0.2) is 0 Å². The number of esters is 1. The van der Waals surface area contributed by atoms with Gasteiger partial charge in [0.25, 0.3) is 0 Å². The zero-order valence-electron chi connectivity index (χ0n) is 41.2. The number of amides is 1. The number of carbonyl (C=O) groups is 2. The van der Waals surface area contributed by atoms with Gasteiger partial charge in [0.05, 0.1) is 25.4 Å². The van der Waals surface area contributed by atoms with Gasteiger partial charge in [-0.05, 0) is 44.9 Å². The second-order valence-electron chi connectivity index (χ2n) is 18.9. The molecule has 0 aliphatic heterocycles. The molecule has 0 aromatic heterocycles. The monoisotopic (exact) mass is 862 g/mol. The van der Waals surface area contributed by atoms with Gasteiger partial charge in [0.2, 0.25) is 5.91 Å². The van der Waals surface area contributed by atoms with Crippen molar-refractivity contribution in [3.63, 3.8) is 0 Å². The van der Waals surface area contributed by atoms with Crippen molar-refractivity contribution in [3.05, 3.63) is 12.2 Å². The highest BCUT2D eigenvalue weighted by atomic mass is 16.5. The summed E-state index contributed by atoms with van der Waals surface area (Å²) in [4.78, 5) is 24.5. The number of allylic oxidation sites excluding steroid dienone is 2. The van der Waals surface area contributed by atoms with E-state index in [1.54, 1.807) is 0 Å². The molecule has 0 spiro atoms. The molecule has 0 aliphatic carbocycles. The molecule has 61 heavy (non-hydrogen) atoms. The Morgan fingerprint density at radius 3 is 1.20 bits per heavy atom. The number of unbranched alkanes of at least 4 members (excludes halogenated alkanes) is 38. The highest BCUT2D eigenvalue weighted by molar-refractivity contribution is 5.76. The summed E-state index contributed by atoms with van der Waals surface area (Å²) in [5, 5.41) is 23.2. The smallest absolute Gasteiger partial charge is 0.305 e. The molecule has 362 valence electrons. The summed E-state index contributed by atoms with van der Waals surface area (Å²) in [6, 6.07) is -0.578. The number of aliphatic hydroxyl groups excluding tert-OH is 2. The SMILES string of the molecule is CCCCCCCCCCCCCCCCCCCCC(O)C(CO)NC(=O)CCC/C=C\CCCCCCOC(=O)CCCCCCCCCCCCCCCCCCC. The van der Waals surface area contributed by atoms with Gasteiger partial charge >= 0.3 is 5.97 Å². The molecule has 6 heteroatoms. The largest absolute Gasteiger partial charge is 0.466 e. The molecule has 2 atom stereocenters. The zero-order chi connectivity index (χ0) is 44.4. The molecular weight excluding hydrogens is 755 g/mol. The number of ether oxygens (including phenoxy) is 1. The van der Waals surface area contributed by atoms with Crippen LogP contribution in [0.1, 0.15) is 303 Å². The van der Waals surface area contributed by atoms with E-state index in [-0.39, 0.29) is 18.5 Å². The summed E-state index contributed by atoms with van der Waals surface area (Å²) in [7, 11) is 0. The number of aliphatic hydroxyl groups is 2. The first-order valence-corrected chi connectivity index (χ1v) is 27.4. The Hall–Kier alpha value is -1.40. The van der Waals surface area contributed by atoms with E-state index in [0.717, 1.165) is 70.6 Å². The third-order valence-corrected chi connectivity index (χ3v) is 12.8.